The largest absolute Gasteiger partial charge is 0.330 e. The van der Waals surface area contributed by atoms with Gasteiger partial charge in [0.1, 0.15) is 6.04 Å². The van der Waals surface area contributed by atoms with E-state index in [9.17, 15) is 14.4 Å². The van der Waals surface area contributed by atoms with Gasteiger partial charge in [-0.05, 0) is 49.5 Å². The Kier molecular flexibility index (Phi) is 6.99. The molecular formula is C23H33N5O3. The average molecular weight is 428 g/mol. The number of piperidine rings is 1. The highest BCUT2D eigenvalue weighted by Crippen LogP contribution is 2.28. The van der Waals surface area contributed by atoms with Crippen LogP contribution in [0.3, 0.4) is 0 Å². The quantitative estimate of drug-likeness (QED) is 0.468. The van der Waals surface area contributed by atoms with Crippen LogP contribution >= 0.6 is 0 Å². The summed E-state index contributed by atoms with van der Waals surface area (Å²) in [5.74, 6) is -0.735. The van der Waals surface area contributed by atoms with Crippen LogP contribution in [0.2, 0.25) is 0 Å². The number of nitrogens with zero attached hydrogens (tertiary/aromatic N) is 3. The summed E-state index contributed by atoms with van der Waals surface area (Å²) < 4.78 is 0. The van der Waals surface area contributed by atoms with Gasteiger partial charge in [-0.2, -0.15) is 0 Å². The minimum absolute atomic E-state index is 0.112. The van der Waals surface area contributed by atoms with Crippen LogP contribution in [0.4, 0.5) is 0 Å². The first-order chi connectivity index (χ1) is 15.0. The molecule has 1 unspecified atom stereocenters. The second kappa shape index (κ2) is 9.89. The summed E-state index contributed by atoms with van der Waals surface area (Å²) in [7, 11) is 0. The first-order valence-electron chi connectivity index (χ1n) is 11.5. The lowest BCUT2D eigenvalue weighted by molar-refractivity contribution is -0.136. The Morgan fingerprint density at radius 2 is 1.77 bits per heavy atom. The summed E-state index contributed by atoms with van der Waals surface area (Å²) in [4.78, 5) is 43.1. The molecule has 1 aromatic rings. The zero-order chi connectivity index (χ0) is 21.8. The first-order valence-corrected chi connectivity index (χ1v) is 11.5. The van der Waals surface area contributed by atoms with Gasteiger partial charge in [0.15, 0.2) is 0 Å². The van der Waals surface area contributed by atoms with Crippen LogP contribution in [-0.2, 0) is 22.7 Å². The van der Waals surface area contributed by atoms with E-state index in [0.717, 1.165) is 57.8 Å². The van der Waals surface area contributed by atoms with Gasteiger partial charge in [-0.25, -0.2) is 0 Å². The number of carbonyl (C=O) groups excluding carboxylic acids is 3. The molecule has 4 rings (SSSR count). The maximum atomic E-state index is 12.8. The van der Waals surface area contributed by atoms with Crippen molar-refractivity contribution in [2.75, 3.05) is 39.3 Å². The van der Waals surface area contributed by atoms with E-state index in [-0.39, 0.29) is 24.1 Å². The van der Waals surface area contributed by atoms with Gasteiger partial charge in [0, 0.05) is 51.3 Å². The fourth-order valence-electron chi connectivity index (χ4n) is 4.81. The number of carbonyl (C=O) groups is 3. The van der Waals surface area contributed by atoms with Crippen molar-refractivity contribution in [3.8, 4) is 0 Å². The molecular weight excluding hydrogens is 394 g/mol. The molecule has 1 atom stereocenters. The third kappa shape index (κ3) is 5.14. The highest BCUT2D eigenvalue weighted by Gasteiger charge is 2.39. The van der Waals surface area contributed by atoms with E-state index < -0.39 is 6.04 Å². The minimum Gasteiger partial charge on any atom is -0.330 e. The molecule has 3 heterocycles. The van der Waals surface area contributed by atoms with E-state index in [2.05, 4.69) is 21.2 Å². The standard InChI is InChI=1S/C23H33N5O3/c24-8-2-1-3-9-26-10-12-27(13-11-26)15-17-4-5-19-18(14-17)16-28(23(19)31)20-6-7-21(29)25-22(20)30/h4-5,14,20H,1-3,6-13,15-16,24H2,(H,25,29,30). The van der Waals surface area contributed by atoms with E-state index in [4.69, 9.17) is 5.73 Å². The van der Waals surface area contributed by atoms with E-state index >= 15 is 0 Å². The fraction of sp³-hybridized carbons (Fsp3) is 0.609. The van der Waals surface area contributed by atoms with Crippen LogP contribution < -0.4 is 11.1 Å². The van der Waals surface area contributed by atoms with Crippen molar-refractivity contribution in [3.05, 3.63) is 34.9 Å². The number of nitrogens with two attached hydrogens (primary N) is 1. The molecule has 0 spiro atoms. The number of hydrogen-bond donors (Lipinski definition) is 2. The summed E-state index contributed by atoms with van der Waals surface area (Å²) in [5.41, 5.74) is 8.42. The lowest BCUT2D eigenvalue weighted by Gasteiger charge is -2.34. The molecule has 0 aromatic heterocycles. The van der Waals surface area contributed by atoms with Crippen molar-refractivity contribution in [3.63, 3.8) is 0 Å². The molecule has 0 bridgehead atoms. The smallest absolute Gasteiger partial charge is 0.255 e. The highest BCUT2D eigenvalue weighted by atomic mass is 16.2. The maximum Gasteiger partial charge on any atom is 0.255 e. The highest BCUT2D eigenvalue weighted by molar-refractivity contribution is 6.05. The zero-order valence-corrected chi connectivity index (χ0v) is 18.1. The molecule has 3 aliphatic heterocycles. The number of unbranched alkanes of at least 4 members (excludes halogenated alkanes) is 2. The van der Waals surface area contributed by atoms with Gasteiger partial charge < -0.3 is 15.5 Å². The molecule has 8 heteroatoms. The van der Waals surface area contributed by atoms with Crippen molar-refractivity contribution in [2.45, 2.75) is 51.2 Å². The second-order valence-electron chi connectivity index (χ2n) is 8.86. The van der Waals surface area contributed by atoms with E-state index in [1.165, 1.54) is 18.4 Å². The van der Waals surface area contributed by atoms with E-state index in [1.807, 2.05) is 12.1 Å². The summed E-state index contributed by atoms with van der Waals surface area (Å²) >= 11 is 0. The molecule has 168 valence electrons. The van der Waals surface area contributed by atoms with Gasteiger partial charge in [0.05, 0.1) is 0 Å². The minimum atomic E-state index is -0.557. The molecule has 31 heavy (non-hydrogen) atoms. The molecule has 0 saturated carbocycles. The van der Waals surface area contributed by atoms with Crippen LogP contribution in [0.1, 0.15) is 53.6 Å². The molecule has 0 radical (unpaired) electrons. The van der Waals surface area contributed by atoms with Gasteiger partial charge in [0.25, 0.3) is 5.91 Å². The summed E-state index contributed by atoms with van der Waals surface area (Å²) in [5, 5.41) is 2.35. The molecule has 8 nitrogen and oxygen atoms in total. The maximum absolute atomic E-state index is 12.8. The van der Waals surface area contributed by atoms with Crippen LogP contribution in [0.15, 0.2) is 18.2 Å². The molecule has 3 amide bonds. The molecule has 2 fully saturated rings. The van der Waals surface area contributed by atoms with E-state index in [1.54, 1.807) is 4.90 Å². The van der Waals surface area contributed by atoms with E-state index in [0.29, 0.717) is 18.5 Å². The van der Waals surface area contributed by atoms with Crippen LogP contribution in [-0.4, -0.2) is 77.7 Å². The van der Waals surface area contributed by atoms with Gasteiger partial charge in [-0.3, -0.25) is 24.6 Å². The van der Waals surface area contributed by atoms with Crippen LogP contribution in [0.5, 0.6) is 0 Å². The zero-order valence-electron chi connectivity index (χ0n) is 18.1. The second-order valence-corrected chi connectivity index (χ2v) is 8.86. The molecule has 3 N–H and O–H groups in total. The molecule has 0 aliphatic carbocycles. The van der Waals surface area contributed by atoms with Gasteiger partial charge >= 0.3 is 0 Å². The van der Waals surface area contributed by atoms with Crippen molar-refractivity contribution in [2.24, 2.45) is 5.73 Å². The first kappa shape index (κ1) is 21.9. The van der Waals surface area contributed by atoms with Crippen molar-refractivity contribution in [1.29, 1.82) is 0 Å². The third-order valence-corrected chi connectivity index (χ3v) is 6.64. The van der Waals surface area contributed by atoms with Crippen molar-refractivity contribution < 1.29 is 14.4 Å². The van der Waals surface area contributed by atoms with Crippen LogP contribution in [0.25, 0.3) is 0 Å². The third-order valence-electron chi connectivity index (χ3n) is 6.64. The Morgan fingerprint density at radius 1 is 1.00 bits per heavy atom. The Balaban J connectivity index is 1.30. The molecule has 2 saturated heterocycles. The fourth-order valence-corrected chi connectivity index (χ4v) is 4.81. The Bertz CT molecular complexity index is 835. The van der Waals surface area contributed by atoms with Gasteiger partial charge in [-0.15, -0.1) is 0 Å². The number of amides is 3. The topological polar surface area (TPSA) is 99.0 Å². The SMILES string of the molecule is NCCCCCN1CCN(Cc2ccc3c(c2)CN(C2CCC(=O)NC2=O)C3=O)CC1. The Labute approximate surface area is 183 Å². The lowest BCUT2D eigenvalue weighted by Crippen LogP contribution is -2.52. The predicted octanol–water partition coefficient (Wildman–Crippen LogP) is 0.694. The van der Waals surface area contributed by atoms with Gasteiger partial charge in [0.2, 0.25) is 11.8 Å². The van der Waals surface area contributed by atoms with Crippen LogP contribution in [0, 0.1) is 0 Å². The van der Waals surface area contributed by atoms with Crippen molar-refractivity contribution >= 4 is 17.7 Å². The molecule has 3 aliphatic rings. The summed E-state index contributed by atoms with van der Waals surface area (Å²) in [6, 6.07) is 5.48. The number of piperazine rings is 1. The summed E-state index contributed by atoms with van der Waals surface area (Å²) in [6.45, 7) is 7.54. The normalized spacial score (nSPS) is 22.7. The number of rotatable bonds is 8. The molecule has 1 aromatic carbocycles. The number of imide groups is 1. The number of fused-ring (bicyclic) bond motifs is 1. The number of benzene rings is 1. The Morgan fingerprint density at radius 3 is 2.52 bits per heavy atom. The number of hydrogen-bond acceptors (Lipinski definition) is 6. The Hall–Kier alpha value is -2.29. The number of nitrogens with one attached hydrogen (secondary N) is 1. The van der Waals surface area contributed by atoms with Crippen molar-refractivity contribution in [1.82, 2.24) is 20.0 Å². The van der Waals surface area contributed by atoms with Gasteiger partial charge in [-0.1, -0.05) is 18.6 Å². The average Bonchev–Trinajstić information content (AvgIpc) is 3.08. The predicted molar refractivity (Wildman–Crippen MR) is 117 cm³/mol. The summed E-state index contributed by atoms with van der Waals surface area (Å²) in [6.07, 6.45) is 4.22. The lowest BCUT2D eigenvalue weighted by atomic mass is 10.0. The monoisotopic (exact) mass is 427 g/mol.